The van der Waals surface area contributed by atoms with Gasteiger partial charge in [0, 0.05) is 25.2 Å². The van der Waals surface area contributed by atoms with Crippen LogP contribution in [0.1, 0.15) is 24.5 Å². The van der Waals surface area contributed by atoms with Gasteiger partial charge >= 0.3 is 0 Å². The summed E-state index contributed by atoms with van der Waals surface area (Å²) in [5, 5.41) is 0. The summed E-state index contributed by atoms with van der Waals surface area (Å²) in [6.45, 7) is 4.04. The second-order valence-electron chi connectivity index (χ2n) is 5.52. The predicted octanol–water partition coefficient (Wildman–Crippen LogP) is 0.982. The zero-order valence-electron chi connectivity index (χ0n) is 11.2. The molecule has 104 valence electrons. The number of benzene rings is 1. The van der Waals surface area contributed by atoms with E-state index >= 15 is 0 Å². The van der Waals surface area contributed by atoms with E-state index in [2.05, 4.69) is 4.90 Å². The summed E-state index contributed by atoms with van der Waals surface area (Å²) in [6, 6.07) is 5.07. The first-order valence-electron chi connectivity index (χ1n) is 6.44. The molecular formula is C14H20FN3O. The zero-order valence-corrected chi connectivity index (χ0v) is 11.2. The van der Waals surface area contributed by atoms with Gasteiger partial charge in [-0.25, -0.2) is 4.39 Å². The molecule has 1 aromatic carbocycles. The van der Waals surface area contributed by atoms with Crippen LogP contribution < -0.4 is 11.5 Å². The largest absolute Gasteiger partial charge is 0.369 e. The maximum Gasteiger partial charge on any atom is 0.224 e. The molecule has 1 amide bonds. The molecule has 1 aliphatic rings. The number of amides is 1. The topological polar surface area (TPSA) is 72.4 Å². The first kappa shape index (κ1) is 14.0. The van der Waals surface area contributed by atoms with Crippen molar-refractivity contribution in [1.82, 2.24) is 4.90 Å². The van der Waals surface area contributed by atoms with Gasteiger partial charge in [0.05, 0.1) is 5.41 Å². The number of carbonyl (C=O) groups excluding carboxylic acids is 1. The lowest BCUT2D eigenvalue weighted by Crippen LogP contribution is -2.37. The molecule has 1 heterocycles. The Bertz CT molecular complexity index is 492. The summed E-state index contributed by atoms with van der Waals surface area (Å²) in [6.07, 6.45) is 0.727. The Kier molecular flexibility index (Phi) is 3.87. The van der Waals surface area contributed by atoms with Crippen LogP contribution in [-0.2, 0) is 17.9 Å². The molecule has 0 aromatic heterocycles. The van der Waals surface area contributed by atoms with Gasteiger partial charge in [0.2, 0.25) is 5.91 Å². The molecule has 0 bridgehead atoms. The van der Waals surface area contributed by atoms with Gasteiger partial charge in [0.25, 0.3) is 0 Å². The Morgan fingerprint density at radius 1 is 1.53 bits per heavy atom. The van der Waals surface area contributed by atoms with Crippen molar-refractivity contribution in [2.24, 2.45) is 16.9 Å². The fourth-order valence-electron chi connectivity index (χ4n) is 2.48. The number of nitrogens with two attached hydrogens (primary N) is 2. The standard InChI is InChI=1S/C14H20FN3O/c1-14(13(17)19)4-5-18(9-14)8-11-3-2-10(7-16)6-12(11)15/h2-3,6H,4-5,7-9,16H2,1H3,(H2,17,19). The highest BCUT2D eigenvalue weighted by Gasteiger charge is 2.38. The SMILES string of the molecule is CC1(C(N)=O)CCN(Cc2ccc(CN)cc2F)C1. The van der Waals surface area contributed by atoms with Crippen LogP contribution in [0.3, 0.4) is 0 Å². The van der Waals surface area contributed by atoms with Crippen LogP contribution in [0, 0.1) is 11.2 Å². The second kappa shape index (κ2) is 5.27. The predicted molar refractivity (Wildman–Crippen MR) is 71.5 cm³/mol. The van der Waals surface area contributed by atoms with Gasteiger partial charge in [0.1, 0.15) is 5.82 Å². The maximum absolute atomic E-state index is 13.9. The van der Waals surface area contributed by atoms with Crippen molar-refractivity contribution < 1.29 is 9.18 Å². The number of hydrogen-bond acceptors (Lipinski definition) is 3. The van der Waals surface area contributed by atoms with Crippen LogP contribution in [0.25, 0.3) is 0 Å². The van der Waals surface area contributed by atoms with Crippen LogP contribution in [0.2, 0.25) is 0 Å². The number of carbonyl (C=O) groups is 1. The van der Waals surface area contributed by atoms with Crippen LogP contribution >= 0.6 is 0 Å². The first-order chi connectivity index (χ1) is 8.94. The van der Waals surface area contributed by atoms with Crippen molar-refractivity contribution in [2.75, 3.05) is 13.1 Å². The molecule has 1 atom stereocenters. The first-order valence-corrected chi connectivity index (χ1v) is 6.44. The number of hydrogen-bond donors (Lipinski definition) is 2. The summed E-state index contributed by atoms with van der Waals surface area (Å²) >= 11 is 0. The van der Waals surface area contributed by atoms with Crippen molar-refractivity contribution in [3.63, 3.8) is 0 Å². The molecule has 1 aliphatic heterocycles. The van der Waals surface area contributed by atoms with E-state index in [9.17, 15) is 9.18 Å². The lowest BCUT2D eigenvalue weighted by Gasteiger charge is -2.21. The monoisotopic (exact) mass is 265 g/mol. The lowest BCUT2D eigenvalue weighted by molar-refractivity contribution is -0.126. The fourth-order valence-corrected chi connectivity index (χ4v) is 2.48. The van der Waals surface area contributed by atoms with E-state index in [1.54, 1.807) is 6.07 Å². The molecule has 4 N–H and O–H groups in total. The highest BCUT2D eigenvalue weighted by Crippen LogP contribution is 2.30. The minimum Gasteiger partial charge on any atom is -0.369 e. The molecule has 1 fully saturated rings. The molecule has 0 saturated carbocycles. The highest BCUT2D eigenvalue weighted by atomic mass is 19.1. The molecule has 5 heteroatoms. The fraction of sp³-hybridized carbons (Fsp3) is 0.500. The number of nitrogens with zero attached hydrogens (tertiary/aromatic N) is 1. The molecule has 4 nitrogen and oxygen atoms in total. The Morgan fingerprint density at radius 3 is 2.79 bits per heavy atom. The van der Waals surface area contributed by atoms with Crippen molar-refractivity contribution in [2.45, 2.75) is 26.4 Å². The smallest absolute Gasteiger partial charge is 0.224 e. The third-order valence-electron chi connectivity index (χ3n) is 3.89. The van der Waals surface area contributed by atoms with Gasteiger partial charge in [0.15, 0.2) is 0 Å². The van der Waals surface area contributed by atoms with Gasteiger partial charge in [-0.1, -0.05) is 12.1 Å². The van der Waals surface area contributed by atoms with E-state index < -0.39 is 5.41 Å². The number of halogens is 1. The van der Waals surface area contributed by atoms with Crippen LogP contribution in [0.4, 0.5) is 4.39 Å². The summed E-state index contributed by atoms with van der Waals surface area (Å²) in [5.41, 5.74) is 11.8. The minimum absolute atomic E-state index is 0.240. The second-order valence-corrected chi connectivity index (χ2v) is 5.52. The van der Waals surface area contributed by atoms with Crippen molar-refractivity contribution in [3.05, 3.63) is 35.1 Å². The minimum atomic E-state index is -0.492. The molecule has 0 spiro atoms. The normalized spacial score (nSPS) is 23.7. The summed E-state index contributed by atoms with van der Waals surface area (Å²) in [4.78, 5) is 13.4. The Morgan fingerprint density at radius 2 is 2.26 bits per heavy atom. The van der Waals surface area contributed by atoms with Crippen LogP contribution in [0.15, 0.2) is 18.2 Å². The molecule has 1 aromatic rings. The number of likely N-dealkylation sites (tertiary alicyclic amines) is 1. The van der Waals surface area contributed by atoms with Gasteiger partial charge in [-0.15, -0.1) is 0 Å². The van der Waals surface area contributed by atoms with Gasteiger partial charge < -0.3 is 11.5 Å². The molecule has 0 aliphatic carbocycles. The number of primary amides is 1. The molecule has 1 unspecified atom stereocenters. The maximum atomic E-state index is 13.9. The zero-order chi connectivity index (χ0) is 14.0. The Balaban J connectivity index is 2.05. The molecule has 0 radical (unpaired) electrons. The van der Waals surface area contributed by atoms with Crippen molar-refractivity contribution in [1.29, 1.82) is 0 Å². The average molecular weight is 265 g/mol. The quantitative estimate of drug-likeness (QED) is 0.852. The summed E-state index contributed by atoms with van der Waals surface area (Å²) in [7, 11) is 0. The van der Waals surface area contributed by atoms with E-state index in [1.807, 2.05) is 13.0 Å². The third-order valence-corrected chi connectivity index (χ3v) is 3.89. The average Bonchev–Trinajstić information content (AvgIpc) is 2.75. The van der Waals surface area contributed by atoms with Crippen LogP contribution in [-0.4, -0.2) is 23.9 Å². The number of rotatable bonds is 4. The molecule has 2 rings (SSSR count). The lowest BCUT2D eigenvalue weighted by atomic mass is 9.89. The summed E-state index contributed by atoms with van der Waals surface area (Å²) in [5.74, 6) is -0.524. The summed E-state index contributed by atoms with van der Waals surface area (Å²) < 4.78 is 13.9. The van der Waals surface area contributed by atoms with E-state index in [-0.39, 0.29) is 11.7 Å². The molecule has 1 saturated heterocycles. The van der Waals surface area contributed by atoms with Crippen molar-refractivity contribution >= 4 is 5.91 Å². The van der Waals surface area contributed by atoms with Gasteiger partial charge in [-0.2, -0.15) is 0 Å². The van der Waals surface area contributed by atoms with Gasteiger partial charge in [-0.05, 0) is 31.5 Å². The van der Waals surface area contributed by atoms with E-state index in [0.29, 0.717) is 25.2 Å². The Hall–Kier alpha value is -1.46. The van der Waals surface area contributed by atoms with Gasteiger partial charge in [-0.3, -0.25) is 9.69 Å². The highest BCUT2D eigenvalue weighted by molar-refractivity contribution is 5.81. The van der Waals surface area contributed by atoms with Crippen LogP contribution in [0.5, 0.6) is 0 Å². The molecule has 19 heavy (non-hydrogen) atoms. The third kappa shape index (κ3) is 2.93. The van der Waals surface area contributed by atoms with E-state index in [4.69, 9.17) is 11.5 Å². The van der Waals surface area contributed by atoms with E-state index in [0.717, 1.165) is 18.5 Å². The van der Waals surface area contributed by atoms with Crippen molar-refractivity contribution in [3.8, 4) is 0 Å². The molecular weight excluding hydrogens is 245 g/mol. The van der Waals surface area contributed by atoms with E-state index in [1.165, 1.54) is 6.07 Å². The Labute approximate surface area is 112 Å².